The van der Waals surface area contributed by atoms with Gasteiger partial charge in [0.25, 0.3) is 5.91 Å². The molecule has 6 heteroatoms. The fourth-order valence-electron chi connectivity index (χ4n) is 2.65. The van der Waals surface area contributed by atoms with E-state index >= 15 is 0 Å². The van der Waals surface area contributed by atoms with Gasteiger partial charge in [0.05, 0.1) is 11.9 Å². The second-order valence-electron chi connectivity index (χ2n) is 5.75. The number of nitrogens with zero attached hydrogens (tertiary/aromatic N) is 5. The monoisotopic (exact) mass is 299 g/mol. The predicted octanol–water partition coefficient (Wildman–Crippen LogP) is 1.39. The van der Waals surface area contributed by atoms with E-state index in [2.05, 4.69) is 15.0 Å². The maximum absolute atomic E-state index is 12.5. The Labute approximate surface area is 130 Å². The lowest BCUT2D eigenvalue weighted by Gasteiger charge is -2.35. The second-order valence-corrected chi connectivity index (χ2v) is 5.75. The van der Waals surface area contributed by atoms with E-state index in [0.29, 0.717) is 18.8 Å². The molecule has 0 aliphatic carbocycles. The lowest BCUT2D eigenvalue weighted by atomic mass is 10.2. The van der Waals surface area contributed by atoms with E-state index in [9.17, 15) is 4.79 Å². The van der Waals surface area contributed by atoms with E-state index in [1.165, 1.54) is 0 Å². The van der Waals surface area contributed by atoms with Crippen molar-refractivity contribution in [2.24, 2.45) is 7.05 Å². The van der Waals surface area contributed by atoms with Crippen LogP contribution >= 0.6 is 0 Å². The summed E-state index contributed by atoms with van der Waals surface area (Å²) >= 11 is 0. The van der Waals surface area contributed by atoms with E-state index in [0.717, 1.165) is 30.0 Å². The molecule has 1 aliphatic rings. The molecule has 0 radical (unpaired) electrons. The van der Waals surface area contributed by atoms with Crippen molar-refractivity contribution in [3.8, 4) is 0 Å². The highest BCUT2D eigenvalue weighted by molar-refractivity contribution is 5.92. The first-order chi connectivity index (χ1) is 10.5. The summed E-state index contributed by atoms with van der Waals surface area (Å²) in [5, 5.41) is 4.20. The fourth-order valence-corrected chi connectivity index (χ4v) is 2.65. The topological polar surface area (TPSA) is 54.3 Å². The minimum atomic E-state index is 0.0222. The molecule has 0 unspecified atom stereocenters. The number of anilines is 1. The molecule has 0 N–H and O–H groups in total. The fraction of sp³-hybridized carbons (Fsp3) is 0.438. The average Bonchev–Trinajstić information content (AvgIpc) is 2.96. The van der Waals surface area contributed by atoms with Crippen LogP contribution in [0.5, 0.6) is 0 Å². The number of rotatable bonds is 2. The van der Waals surface area contributed by atoms with Crippen LogP contribution < -0.4 is 4.90 Å². The van der Waals surface area contributed by atoms with Crippen LogP contribution in [0.4, 0.5) is 5.69 Å². The molecule has 2 aromatic rings. The minimum Gasteiger partial charge on any atom is -0.365 e. The zero-order valence-electron chi connectivity index (χ0n) is 13.3. The van der Waals surface area contributed by atoms with E-state index in [4.69, 9.17) is 0 Å². The molecule has 1 amide bonds. The largest absolute Gasteiger partial charge is 0.365 e. The Morgan fingerprint density at radius 1 is 1.14 bits per heavy atom. The zero-order valence-corrected chi connectivity index (χ0v) is 13.3. The quantitative estimate of drug-likeness (QED) is 0.841. The Balaban J connectivity index is 1.65. The SMILES string of the molecule is Cc1ccc(C(=O)N2CCN(c3cnn(C)c3)CC2)nc1C. The Morgan fingerprint density at radius 3 is 2.45 bits per heavy atom. The van der Waals surface area contributed by atoms with Crippen molar-refractivity contribution in [2.45, 2.75) is 13.8 Å². The third-order valence-electron chi connectivity index (χ3n) is 4.19. The molecular weight excluding hydrogens is 278 g/mol. The molecule has 1 saturated heterocycles. The number of piperazine rings is 1. The van der Waals surface area contributed by atoms with Crippen molar-refractivity contribution in [1.29, 1.82) is 0 Å². The summed E-state index contributed by atoms with van der Waals surface area (Å²) in [6.45, 7) is 7.00. The third-order valence-corrected chi connectivity index (χ3v) is 4.19. The molecular formula is C16H21N5O. The van der Waals surface area contributed by atoms with Gasteiger partial charge in [-0.1, -0.05) is 6.07 Å². The number of hydrogen-bond acceptors (Lipinski definition) is 4. The van der Waals surface area contributed by atoms with Gasteiger partial charge >= 0.3 is 0 Å². The number of hydrogen-bond donors (Lipinski definition) is 0. The summed E-state index contributed by atoms with van der Waals surface area (Å²) < 4.78 is 1.80. The number of pyridine rings is 1. The standard InChI is InChI=1S/C16H21N5O/c1-12-4-5-15(18-13(12)2)16(22)21-8-6-20(7-9-21)14-10-17-19(3)11-14/h4-5,10-11H,6-9H2,1-3H3. The molecule has 3 rings (SSSR count). The van der Waals surface area contributed by atoms with Crippen molar-refractivity contribution >= 4 is 11.6 Å². The van der Waals surface area contributed by atoms with Crippen molar-refractivity contribution in [1.82, 2.24) is 19.7 Å². The summed E-state index contributed by atoms with van der Waals surface area (Å²) in [6.07, 6.45) is 3.87. The van der Waals surface area contributed by atoms with Crippen LogP contribution in [0, 0.1) is 13.8 Å². The van der Waals surface area contributed by atoms with Gasteiger partial charge < -0.3 is 9.80 Å². The molecule has 0 bridgehead atoms. The molecule has 6 nitrogen and oxygen atoms in total. The molecule has 2 aromatic heterocycles. The van der Waals surface area contributed by atoms with Gasteiger partial charge in [-0.15, -0.1) is 0 Å². The maximum Gasteiger partial charge on any atom is 0.272 e. The first-order valence-corrected chi connectivity index (χ1v) is 7.52. The van der Waals surface area contributed by atoms with Gasteiger partial charge in [-0.05, 0) is 25.5 Å². The highest BCUT2D eigenvalue weighted by Crippen LogP contribution is 2.16. The first kappa shape index (κ1) is 14.6. The summed E-state index contributed by atoms with van der Waals surface area (Å²) in [5.74, 6) is 0.0222. The molecule has 22 heavy (non-hydrogen) atoms. The smallest absolute Gasteiger partial charge is 0.272 e. The van der Waals surface area contributed by atoms with Crippen molar-refractivity contribution in [2.75, 3.05) is 31.1 Å². The molecule has 0 aromatic carbocycles. The van der Waals surface area contributed by atoms with Crippen LogP contribution in [0.1, 0.15) is 21.7 Å². The molecule has 0 saturated carbocycles. The molecule has 0 atom stereocenters. The zero-order chi connectivity index (χ0) is 15.7. The number of aromatic nitrogens is 3. The third kappa shape index (κ3) is 2.81. The lowest BCUT2D eigenvalue weighted by Crippen LogP contribution is -2.49. The maximum atomic E-state index is 12.5. The Kier molecular flexibility index (Phi) is 3.83. The van der Waals surface area contributed by atoms with E-state index in [1.807, 2.05) is 50.3 Å². The van der Waals surface area contributed by atoms with E-state index in [-0.39, 0.29) is 5.91 Å². The lowest BCUT2D eigenvalue weighted by molar-refractivity contribution is 0.0740. The highest BCUT2D eigenvalue weighted by Gasteiger charge is 2.23. The Morgan fingerprint density at radius 2 is 1.86 bits per heavy atom. The highest BCUT2D eigenvalue weighted by atomic mass is 16.2. The van der Waals surface area contributed by atoms with Gasteiger partial charge in [-0.3, -0.25) is 9.48 Å². The molecule has 0 spiro atoms. The summed E-state index contributed by atoms with van der Waals surface area (Å²) in [6, 6.07) is 3.78. The summed E-state index contributed by atoms with van der Waals surface area (Å²) in [5.41, 5.74) is 3.68. The van der Waals surface area contributed by atoms with Crippen molar-refractivity contribution in [3.63, 3.8) is 0 Å². The van der Waals surface area contributed by atoms with Gasteiger partial charge in [0.1, 0.15) is 5.69 Å². The van der Waals surface area contributed by atoms with Gasteiger partial charge in [0, 0.05) is 45.1 Å². The van der Waals surface area contributed by atoms with Crippen molar-refractivity contribution in [3.05, 3.63) is 41.5 Å². The van der Waals surface area contributed by atoms with Gasteiger partial charge in [0.15, 0.2) is 0 Å². The molecule has 3 heterocycles. The number of carbonyl (C=O) groups excluding carboxylic acids is 1. The number of aryl methyl sites for hydroxylation is 3. The van der Waals surface area contributed by atoms with Crippen LogP contribution in [0.15, 0.2) is 24.5 Å². The first-order valence-electron chi connectivity index (χ1n) is 7.52. The number of carbonyl (C=O) groups is 1. The molecule has 1 fully saturated rings. The van der Waals surface area contributed by atoms with Gasteiger partial charge in [-0.2, -0.15) is 5.10 Å². The van der Waals surface area contributed by atoms with Crippen LogP contribution in [0.2, 0.25) is 0 Å². The molecule has 116 valence electrons. The second kappa shape index (κ2) is 5.79. The van der Waals surface area contributed by atoms with Crippen molar-refractivity contribution < 1.29 is 4.79 Å². The predicted molar refractivity (Wildman–Crippen MR) is 85.0 cm³/mol. The Bertz CT molecular complexity index is 686. The molecule has 1 aliphatic heterocycles. The number of amides is 1. The summed E-state index contributed by atoms with van der Waals surface area (Å²) in [4.78, 5) is 21.1. The van der Waals surface area contributed by atoms with Crippen LogP contribution in [0.25, 0.3) is 0 Å². The van der Waals surface area contributed by atoms with Crippen LogP contribution in [0.3, 0.4) is 0 Å². The van der Waals surface area contributed by atoms with E-state index in [1.54, 1.807) is 4.68 Å². The van der Waals surface area contributed by atoms with Crippen LogP contribution in [-0.2, 0) is 7.05 Å². The van der Waals surface area contributed by atoms with Gasteiger partial charge in [-0.25, -0.2) is 4.98 Å². The van der Waals surface area contributed by atoms with E-state index < -0.39 is 0 Å². The average molecular weight is 299 g/mol. The normalized spacial score (nSPS) is 15.2. The summed E-state index contributed by atoms with van der Waals surface area (Å²) in [7, 11) is 1.91. The van der Waals surface area contributed by atoms with Crippen LogP contribution in [-0.4, -0.2) is 51.8 Å². The Hall–Kier alpha value is -2.37. The van der Waals surface area contributed by atoms with Gasteiger partial charge in [0.2, 0.25) is 0 Å². The minimum absolute atomic E-state index is 0.0222.